The molecule has 0 N–H and O–H groups in total. The summed E-state index contributed by atoms with van der Waals surface area (Å²) >= 11 is 0. The summed E-state index contributed by atoms with van der Waals surface area (Å²) in [7, 11) is 0. The number of isocyanates is 2. The van der Waals surface area contributed by atoms with Crippen molar-refractivity contribution >= 4 is 12.2 Å². The monoisotopic (exact) mass is 194 g/mol. The quantitative estimate of drug-likeness (QED) is 0.509. The van der Waals surface area contributed by atoms with Crippen LogP contribution in [-0.4, -0.2) is 18.3 Å². The van der Waals surface area contributed by atoms with E-state index in [1.54, 1.807) is 0 Å². The standard InChI is InChI=1S/C10H14N2O2/c1-10(5-3-2-4-6-10)9(11-7-13)12-8-14/h9H,2-6H2,1H3. The highest BCUT2D eigenvalue weighted by Gasteiger charge is 2.35. The van der Waals surface area contributed by atoms with Crippen LogP contribution in [0.15, 0.2) is 9.98 Å². The maximum absolute atomic E-state index is 10.2. The van der Waals surface area contributed by atoms with Crippen molar-refractivity contribution in [1.82, 2.24) is 0 Å². The second kappa shape index (κ2) is 4.85. The SMILES string of the molecule is CC1(C(N=C=O)N=C=O)CCCCC1. The van der Waals surface area contributed by atoms with Gasteiger partial charge in [0.25, 0.3) is 0 Å². The molecule has 0 heterocycles. The van der Waals surface area contributed by atoms with Gasteiger partial charge in [-0.1, -0.05) is 26.2 Å². The Labute approximate surface area is 83.1 Å². The molecule has 0 amide bonds. The summed E-state index contributed by atoms with van der Waals surface area (Å²) in [6.45, 7) is 2.01. The van der Waals surface area contributed by atoms with Crippen LogP contribution in [0.25, 0.3) is 0 Å². The Morgan fingerprint density at radius 1 is 1.07 bits per heavy atom. The van der Waals surface area contributed by atoms with E-state index >= 15 is 0 Å². The molecule has 0 radical (unpaired) electrons. The third-order valence-corrected chi connectivity index (χ3v) is 2.97. The van der Waals surface area contributed by atoms with Crippen molar-refractivity contribution in [2.24, 2.45) is 15.4 Å². The minimum Gasteiger partial charge on any atom is -0.211 e. The van der Waals surface area contributed by atoms with Crippen LogP contribution in [0.5, 0.6) is 0 Å². The molecule has 4 heteroatoms. The van der Waals surface area contributed by atoms with E-state index in [9.17, 15) is 9.59 Å². The van der Waals surface area contributed by atoms with Gasteiger partial charge in [-0.05, 0) is 12.8 Å². The maximum Gasteiger partial charge on any atom is 0.237 e. The van der Waals surface area contributed by atoms with Crippen molar-refractivity contribution in [1.29, 1.82) is 0 Å². The Bertz CT molecular complexity index is 264. The van der Waals surface area contributed by atoms with E-state index in [1.165, 1.54) is 18.6 Å². The third-order valence-electron chi connectivity index (χ3n) is 2.97. The molecule has 0 saturated heterocycles. The molecule has 4 nitrogen and oxygen atoms in total. The van der Waals surface area contributed by atoms with Crippen molar-refractivity contribution < 1.29 is 9.59 Å². The Balaban J connectivity index is 2.83. The molecule has 1 aliphatic rings. The van der Waals surface area contributed by atoms with Crippen molar-refractivity contribution in [3.8, 4) is 0 Å². The molecule has 1 saturated carbocycles. The number of rotatable bonds is 3. The second-order valence-corrected chi connectivity index (χ2v) is 4.03. The van der Waals surface area contributed by atoms with Crippen molar-refractivity contribution in [3.63, 3.8) is 0 Å². The summed E-state index contributed by atoms with van der Waals surface area (Å²) in [5.74, 6) is 0. The third kappa shape index (κ3) is 2.38. The molecule has 0 aromatic carbocycles. The minimum absolute atomic E-state index is 0.160. The predicted molar refractivity (Wildman–Crippen MR) is 51.2 cm³/mol. The lowest BCUT2D eigenvalue weighted by Gasteiger charge is -2.34. The Morgan fingerprint density at radius 2 is 1.57 bits per heavy atom. The molecular formula is C10H14N2O2. The van der Waals surface area contributed by atoms with E-state index in [2.05, 4.69) is 9.98 Å². The summed E-state index contributed by atoms with van der Waals surface area (Å²) in [4.78, 5) is 27.5. The van der Waals surface area contributed by atoms with Crippen LogP contribution in [0.1, 0.15) is 39.0 Å². The van der Waals surface area contributed by atoms with Gasteiger partial charge in [0.15, 0.2) is 6.17 Å². The summed E-state index contributed by atoms with van der Waals surface area (Å²) in [5.41, 5.74) is -0.160. The first kappa shape index (κ1) is 10.8. The molecule has 1 rings (SSSR count). The van der Waals surface area contributed by atoms with Crippen LogP contribution in [0, 0.1) is 5.41 Å². The number of aliphatic imine (C=N–C) groups is 2. The fourth-order valence-corrected chi connectivity index (χ4v) is 2.06. The van der Waals surface area contributed by atoms with Gasteiger partial charge in [0, 0.05) is 5.41 Å². The fraction of sp³-hybridized carbons (Fsp3) is 0.800. The van der Waals surface area contributed by atoms with Gasteiger partial charge < -0.3 is 0 Å². The van der Waals surface area contributed by atoms with Gasteiger partial charge in [-0.25, -0.2) is 9.59 Å². The van der Waals surface area contributed by atoms with Gasteiger partial charge in [0.2, 0.25) is 12.2 Å². The van der Waals surface area contributed by atoms with Gasteiger partial charge in [0.05, 0.1) is 0 Å². The summed E-state index contributed by atoms with van der Waals surface area (Å²) in [5, 5.41) is 0. The van der Waals surface area contributed by atoms with Crippen LogP contribution >= 0.6 is 0 Å². The Hall–Kier alpha value is -1.24. The first-order valence-electron chi connectivity index (χ1n) is 4.87. The van der Waals surface area contributed by atoms with E-state index in [0.717, 1.165) is 25.7 Å². The highest BCUT2D eigenvalue weighted by Crippen LogP contribution is 2.40. The molecule has 0 atom stereocenters. The summed E-state index contributed by atoms with van der Waals surface area (Å²) < 4.78 is 0. The van der Waals surface area contributed by atoms with E-state index < -0.39 is 6.17 Å². The molecule has 1 fully saturated rings. The van der Waals surface area contributed by atoms with Gasteiger partial charge >= 0.3 is 0 Å². The number of nitrogens with zero attached hydrogens (tertiary/aromatic N) is 2. The molecule has 76 valence electrons. The molecule has 0 aliphatic heterocycles. The lowest BCUT2D eigenvalue weighted by molar-refractivity contribution is 0.175. The highest BCUT2D eigenvalue weighted by atomic mass is 16.1. The highest BCUT2D eigenvalue weighted by molar-refractivity contribution is 5.37. The van der Waals surface area contributed by atoms with Crippen molar-refractivity contribution in [2.75, 3.05) is 0 Å². The second-order valence-electron chi connectivity index (χ2n) is 4.03. The number of hydrogen-bond acceptors (Lipinski definition) is 4. The van der Waals surface area contributed by atoms with Crippen molar-refractivity contribution in [3.05, 3.63) is 0 Å². The average Bonchev–Trinajstić information content (AvgIpc) is 2.19. The Morgan fingerprint density at radius 3 is 2.00 bits per heavy atom. The smallest absolute Gasteiger partial charge is 0.211 e. The van der Waals surface area contributed by atoms with Gasteiger partial charge in [-0.15, -0.1) is 0 Å². The summed E-state index contributed by atoms with van der Waals surface area (Å²) in [6.07, 6.45) is 7.69. The zero-order valence-electron chi connectivity index (χ0n) is 8.32. The average molecular weight is 194 g/mol. The number of carbonyl (C=O) groups excluding carboxylic acids is 2. The molecule has 0 bridgehead atoms. The van der Waals surface area contributed by atoms with Gasteiger partial charge in [-0.2, -0.15) is 9.98 Å². The molecule has 0 aromatic rings. The molecule has 1 aliphatic carbocycles. The molecule has 0 unspecified atom stereocenters. The Kier molecular flexibility index (Phi) is 3.75. The normalized spacial score (nSPS) is 21.5. The lowest BCUT2D eigenvalue weighted by Crippen LogP contribution is -2.31. The van der Waals surface area contributed by atoms with E-state index in [4.69, 9.17) is 0 Å². The molecular weight excluding hydrogens is 180 g/mol. The first-order valence-corrected chi connectivity index (χ1v) is 4.87. The summed E-state index contributed by atoms with van der Waals surface area (Å²) in [6, 6.07) is 0. The number of hydrogen-bond donors (Lipinski definition) is 0. The van der Waals surface area contributed by atoms with E-state index in [0.29, 0.717) is 0 Å². The lowest BCUT2D eigenvalue weighted by atomic mass is 9.73. The van der Waals surface area contributed by atoms with Crippen LogP contribution in [-0.2, 0) is 9.59 Å². The van der Waals surface area contributed by atoms with Gasteiger partial charge in [0.1, 0.15) is 0 Å². The van der Waals surface area contributed by atoms with Crippen LogP contribution in [0.2, 0.25) is 0 Å². The predicted octanol–water partition coefficient (Wildman–Crippen LogP) is 1.95. The fourth-order valence-electron chi connectivity index (χ4n) is 2.06. The topological polar surface area (TPSA) is 58.9 Å². The van der Waals surface area contributed by atoms with E-state index in [-0.39, 0.29) is 5.41 Å². The molecule has 0 aromatic heterocycles. The zero-order valence-corrected chi connectivity index (χ0v) is 8.32. The van der Waals surface area contributed by atoms with E-state index in [1.807, 2.05) is 6.92 Å². The van der Waals surface area contributed by atoms with Gasteiger partial charge in [-0.3, -0.25) is 0 Å². The van der Waals surface area contributed by atoms with Crippen LogP contribution in [0.3, 0.4) is 0 Å². The van der Waals surface area contributed by atoms with Crippen LogP contribution < -0.4 is 0 Å². The van der Waals surface area contributed by atoms with Crippen LogP contribution in [0.4, 0.5) is 0 Å². The first-order chi connectivity index (χ1) is 6.73. The largest absolute Gasteiger partial charge is 0.237 e. The minimum atomic E-state index is -0.585. The maximum atomic E-state index is 10.2. The molecule has 14 heavy (non-hydrogen) atoms. The van der Waals surface area contributed by atoms with Crippen molar-refractivity contribution in [2.45, 2.75) is 45.2 Å². The zero-order chi connectivity index (χ0) is 10.4. The molecule has 0 spiro atoms.